The number of ether oxygens (including phenoxy) is 2. The average molecular weight is 171 g/mol. The van der Waals surface area contributed by atoms with Gasteiger partial charge in [-0.2, -0.15) is 0 Å². The fraction of sp³-hybridized carbons (Fsp3) is 1.00. The Morgan fingerprint density at radius 3 is 2.83 bits per heavy atom. The van der Waals surface area contributed by atoms with E-state index in [-0.39, 0.29) is 11.6 Å². The van der Waals surface area contributed by atoms with E-state index in [9.17, 15) is 0 Å². The number of hydrogen-bond acceptors (Lipinski definition) is 3. The van der Waals surface area contributed by atoms with E-state index in [0.29, 0.717) is 12.7 Å². The summed E-state index contributed by atoms with van der Waals surface area (Å²) in [7, 11) is 0. The molecule has 12 heavy (non-hydrogen) atoms. The van der Waals surface area contributed by atoms with E-state index in [1.807, 2.05) is 0 Å². The van der Waals surface area contributed by atoms with Gasteiger partial charge >= 0.3 is 0 Å². The van der Waals surface area contributed by atoms with Crippen molar-refractivity contribution in [1.29, 1.82) is 0 Å². The molecule has 0 aromatic heterocycles. The van der Waals surface area contributed by atoms with Gasteiger partial charge in [0.2, 0.25) is 0 Å². The molecule has 2 heterocycles. The Kier molecular flexibility index (Phi) is 2.10. The Hall–Kier alpha value is -0.120. The molecule has 0 amide bonds. The Morgan fingerprint density at radius 1 is 1.42 bits per heavy atom. The van der Waals surface area contributed by atoms with Crippen molar-refractivity contribution in [2.75, 3.05) is 13.2 Å². The van der Waals surface area contributed by atoms with Crippen LogP contribution in [0.2, 0.25) is 0 Å². The molecule has 2 fully saturated rings. The van der Waals surface area contributed by atoms with Gasteiger partial charge in [0, 0.05) is 13.0 Å². The largest absolute Gasteiger partial charge is 0.380 e. The van der Waals surface area contributed by atoms with E-state index in [1.54, 1.807) is 0 Å². The third kappa shape index (κ3) is 1.26. The first-order valence-electron chi connectivity index (χ1n) is 4.74. The lowest BCUT2D eigenvalue weighted by atomic mass is 9.87. The highest BCUT2D eigenvalue weighted by molar-refractivity contribution is 4.98. The first-order chi connectivity index (χ1) is 5.73. The summed E-state index contributed by atoms with van der Waals surface area (Å²) in [6.07, 6.45) is 3.61. The highest BCUT2D eigenvalue weighted by Crippen LogP contribution is 2.37. The molecule has 0 aromatic carbocycles. The van der Waals surface area contributed by atoms with Crippen LogP contribution in [0.15, 0.2) is 0 Å². The molecule has 2 N–H and O–H groups in total. The molecule has 2 aliphatic rings. The van der Waals surface area contributed by atoms with Crippen molar-refractivity contribution in [3.63, 3.8) is 0 Å². The maximum Gasteiger partial charge on any atom is 0.0881 e. The van der Waals surface area contributed by atoms with E-state index >= 15 is 0 Å². The molecule has 0 bridgehead atoms. The molecule has 3 heteroatoms. The number of nitrogens with two attached hydrogens (primary N) is 1. The first-order valence-corrected chi connectivity index (χ1v) is 4.74. The summed E-state index contributed by atoms with van der Waals surface area (Å²) >= 11 is 0. The van der Waals surface area contributed by atoms with Gasteiger partial charge in [0.1, 0.15) is 0 Å². The second-order valence-electron chi connectivity index (χ2n) is 3.96. The lowest BCUT2D eigenvalue weighted by Gasteiger charge is -2.38. The lowest BCUT2D eigenvalue weighted by Crippen LogP contribution is -2.54. The van der Waals surface area contributed by atoms with E-state index in [4.69, 9.17) is 15.2 Å². The first kappa shape index (κ1) is 8.48. The van der Waals surface area contributed by atoms with Crippen LogP contribution in [0.4, 0.5) is 0 Å². The molecule has 2 rings (SSSR count). The Labute approximate surface area is 73.2 Å². The third-order valence-electron chi connectivity index (χ3n) is 3.05. The standard InChI is InChI=1S/C9H17NO2/c1-7-2-3-9(12-7)4-5-11-6-8(9)10/h7-8H,2-6,10H2,1H3/t7-,8-,9-/m1/s1. The predicted molar refractivity (Wildman–Crippen MR) is 45.9 cm³/mol. The second-order valence-corrected chi connectivity index (χ2v) is 3.96. The molecular weight excluding hydrogens is 154 g/mol. The van der Waals surface area contributed by atoms with Crippen LogP contribution in [0.25, 0.3) is 0 Å². The zero-order valence-electron chi connectivity index (χ0n) is 7.58. The van der Waals surface area contributed by atoms with Crippen molar-refractivity contribution in [2.24, 2.45) is 5.73 Å². The van der Waals surface area contributed by atoms with Gasteiger partial charge in [-0.05, 0) is 19.8 Å². The van der Waals surface area contributed by atoms with Crippen molar-refractivity contribution in [3.05, 3.63) is 0 Å². The Bertz CT molecular complexity index is 170. The summed E-state index contributed by atoms with van der Waals surface area (Å²) in [6.45, 7) is 3.59. The van der Waals surface area contributed by atoms with Crippen molar-refractivity contribution in [1.82, 2.24) is 0 Å². The van der Waals surface area contributed by atoms with Crippen LogP contribution in [0, 0.1) is 0 Å². The summed E-state index contributed by atoms with van der Waals surface area (Å²) in [4.78, 5) is 0. The quantitative estimate of drug-likeness (QED) is 0.582. The molecule has 0 aromatic rings. The Balaban J connectivity index is 2.07. The molecule has 0 unspecified atom stereocenters. The van der Waals surface area contributed by atoms with Crippen LogP contribution in [0.1, 0.15) is 26.2 Å². The molecule has 3 nitrogen and oxygen atoms in total. The molecular formula is C9H17NO2. The molecule has 0 aliphatic carbocycles. The molecule has 2 saturated heterocycles. The van der Waals surface area contributed by atoms with Crippen molar-refractivity contribution >= 4 is 0 Å². The highest BCUT2D eigenvalue weighted by Gasteiger charge is 2.45. The van der Waals surface area contributed by atoms with Gasteiger partial charge in [0.05, 0.1) is 24.4 Å². The molecule has 70 valence electrons. The fourth-order valence-electron chi connectivity index (χ4n) is 2.22. The lowest BCUT2D eigenvalue weighted by molar-refractivity contribution is -0.112. The topological polar surface area (TPSA) is 44.5 Å². The minimum atomic E-state index is -0.0440. The van der Waals surface area contributed by atoms with Crippen LogP contribution < -0.4 is 5.73 Å². The van der Waals surface area contributed by atoms with Gasteiger partial charge < -0.3 is 15.2 Å². The van der Waals surface area contributed by atoms with E-state index in [1.165, 1.54) is 0 Å². The molecule has 3 atom stereocenters. The van der Waals surface area contributed by atoms with Crippen LogP contribution in [-0.2, 0) is 9.47 Å². The van der Waals surface area contributed by atoms with Gasteiger partial charge in [0.25, 0.3) is 0 Å². The summed E-state index contributed by atoms with van der Waals surface area (Å²) < 4.78 is 11.2. The molecule has 1 spiro atoms. The minimum absolute atomic E-state index is 0.0440. The van der Waals surface area contributed by atoms with Crippen LogP contribution in [-0.4, -0.2) is 31.0 Å². The normalized spacial score (nSPS) is 48.5. The highest BCUT2D eigenvalue weighted by atomic mass is 16.5. The third-order valence-corrected chi connectivity index (χ3v) is 3.05. The van der Waals surface area contributed by atoms with E-state index in [0.717, 1.165) is 25.9 Å². The second kappa shape index (κ2) is 2.98. The average Bonchev–Trinajstić information content (AvgIpc) is 2.41. The molecule has 2 aliphatic heterocycles. The van der Waals surface area contributed by atoms with Crippen molar-refractivity contribution in [3.8, 4) is 0 Å². The van der Waals surface area contributed by atoms with Crippen molar-refractivity contribution in [2.45, 2.75) is 43.9 Å². The summed E-state index contributed by atoms with van der Waals surface area (Å²) in [5, 5.41) is 0. The fourth-order valence-corrected chi connectivity index (χ4v) is 2.22. The van der Waals surface area contributed by atoms with Crippen molar-refractivity contribution < 1.29 is 9.47 Å². The molecule has 0 saturated carbocycles. The van der Waals surface area contributed by atoms with Crippen LogP contribution in [0.5, 0.6) is 0 Å². The van der Waals surface area contributed by atoms with Crippen LogP contribution >= 0.6 is 0 Å². The van der Waals surface area contributed by atoms with Gasteiger partial charge in [0.15, 0.2) is 0 Å². The van der Waals surface area contributed by atoms with Gasteiger partial charge in [-0.15, -0.1) is 0 Å². The predicted octanol–water partition coefficient (Wildman–Crippen LogP) is 0.672. The number of rotatable bonds is 0. The van der Waals surface area contributed by atoms with E-state index in [2.05, 4.69) is 6.92 Å². The smallest absolute Gasteiger partial charge is 0.0881 e. The van der Waals surface area contributed by atoms with E-state index < -0.39 is 0 Å². The van der Waals surface area contributed by atoms with Gasteiger partial charge in [-0.1, -0.05) is 0 Å². The minimum Gasteiger partial charge on any atom is -0.380 e. The summed E-state index contributed by atoms with van der Waals surface area (Å²) in [6, 6.07) is 0.0798. The molecule has 0 radical (unpaired) electrons. The maximum atomic E-state index is 5.99. The monoisotopic (exact) mass is 171 g/mol. The SMILES string of the molecule is C[C@@H]1CC[C@]2(CCOC[C@H]2N)O1. The van der Waals surface area contributed by atoms with Crippen LogP contribution in [0.3, 0.4) is 0 Å². The summed E-state index contributed by atoms with van der Waals surface area (Å²) in [5.41, 5.74) is 5.94. The zero-order valence-corrected chi connectivity index (χ0v) is 7.58. The zero-order chi connectivity index (χ0) is 8.60. The maximum absolute atomic E-state index is 5.99. The Morgan fingerprint density at radius 2 is 2.25 bits per heavy atom. The van der Waals surface area contributed by atoms with Gasteiger partial charge in [-0.25, -0.2) is 0 Å². The van der Waals surface area contributed by atoms with Gasteiger partial charge in [-0.3, -0.25) is 0 Å². The number of hydrogen-bond donors (Lipinski definition) is 1. The summed E-state index contributed by atoms with van der Waals surface area (Å²) in [5.74, 6) is 0.